The Kier molecular flexibility index (Phi) is 3.94. The van der Waals surface area contributed by atoms with Crippen LogP contribution in [-0.2, 0) is 0 Å². The molecule has 0 aliphatic heterocycles. The maximum atomic E-state index is 12.4. The SMILES string of the molecule is O=C(c1cnc(Nc2cccnc2)s1)c1ccccc1Cl. The van der Waals surface area contributed by atoms with Crippen LogP contribution >= 0.6 is 22.9 Å². The molecule has 0 saturated carbocycles. The first-order valence-electron chi connectivity index (χ1n) is 6.16. The van der Waals surface area contributed by atoms with Gasteiger partial charge in [-0.25, -0.2) is 4.98 Å². The van der Waals surface area contributed by atoms with Crippen LogP contribution in [0.4, 0.5) is 10.8 Å². The molecule has 0 radical (unpaired) electrons. The summed E-state index contributed by atoms with van der Waals surface area (Å²) in [6.45, 7) is 0. The van der Waals surface area contributed by atoms with E-state index in [1.807, 2.05) is 12.1 Å². The summed E-state index contributed by atoms with van der Waals surface area (Å²) >= 11 is 7.33. The van der Waals surface area contributed by atoms with Gasteiger partial charge >= 0.3 is 0 Å². The summed E-state index contributed by atoms with van der Waals surface area (Å²) in [5.41, 5.74) is 1.30. The molecule has 104 valence electrons. The van der Waals surface area contributed by atoms with Crippen LogP contribution in [0.5, 0.6) is 0 Å². The smallest absolute Gasteiger partial charge is 0.206 e. The highest BCUT2D eigenvalue weighted by molar-refractivity contribution is 7.17. The van der Waals surface area contributed by atoms with Gasteiger partial charge in [0.05, 0.1) is 28.0 Å². The maximum Gasteiger partial charge on any atom is 0.206 e. The number of pyridine rings is 1. The monoisotopic (exact) mass is 315 g/mol. The first-order valence-corrected chi connectivity index (χ1v) is 7.35. The Morgan fingerprint density at radius 2 is 2.00 bits per heavy atom. The third kappa shape index (κ3) is 3.09. The average Bonchev–Trinajstić information content (AvgIpc) is 2.97. The van der Waals surface area contributed by atoms with Crippen molar-refractivity contribution in [2.75, 3.05) is 5.32 Å². The number of halogens is 1. The lowest BCUT2D eigenvalue weighted by molar-refractivity contribution is 0.104. The van der Waals surface area contributed by atoms with Crippen molar-refractivity contribution in [3.05, 3.63) is 70.5 Å². The summed E-state index contributed by atoms with van der Waals surface area (Å²) in [6, 6.07) is 10.7. The third-order valence-corrected chi connectivity index (χ3v) is 4.00. The number of hydrogen-bond donors (Lipinski definition) is 1. The van der Waals surface area contributed by atoms with Crippen LogP contribution < -0.4 is 5.32 Å². The minimum absolute atomic E-state index is 0.127. The van der Waals surface area contributed by atoms with Crippen LogP contribution in [0.15, 0.2) is 55.0 Å². The summed E-state index contributed by atoms with van der Waals surface area (Å²) in [6.07, 6.45) is 4.94. The Hall–Kier alpha value is -2.24. The van der Waals surface area contributed by atoms with Gasteiger partial charge in [-0.1, -0.05) is 35.1 Å². The van der Waals surface area contributed by atoms with E-state index in [0.717, 1.165) is 5.69 Å². The van der Waals surface area contributed by atoms with Gasteiger partial charge in [0.2, 0.25) is 5.78 Å². The highest BCUT2D eigenvalue weighted by Gasteiger charge is 2.15. The largest absolute Gasteiger partial charge is 0.330 e. The normalized spacial score (nSPS) is 10.3. The lowest BCUT2D eigenvalue weighted by atomic mass is 10.1. The Bertz CT molecular complexity index is 773. The molecule has 21 heavy (non-hydrogen) atoms. The molecule has 2 aromatic heterocycles. The van der Waals surface area contributed by atoms with Gasteiger partial charge in [-0.3, -0.25) is 9.78 Å². The second kappa shape index (κ2) is 6.03. The number of benzene rings is 1. The van der Waals surface area contributed by atoms with Crippen molar-refractivity contribution in [2.45, 2.75) is 0 Å². The third-order valence-electron chi connectivity index (χ3n) is 2.76. The van der Waals surface area contributed by atoms with Crippen molar-refractivity contribution < 1.29 is 4.79 Å². The number of nitrogens with zero attached hydrogens (tertiary/aromatic N) is 2. The molecular formula is C15H10ClN3OS. The summed E-state index contributed by atoms with van der Waals surface area (Å²) in [4.78, 5) is 21.1. The fourth-order valence-corrected chi connectivity index (χ4v) is 2.79. The van der Waals surface area contributed by atoms with E-state index >= 15 is 0 Å². The van der Waals surface area contributed by atoms with Crippen molar-refractivity contribution >= 4 is 39.5 Å². The zero-order valence-electron chi connectivity index (χ0n) is 10.8. The van der Waals surface area contributed by atoms with E-state index in [2.05, 4.69) is 15.3 Å². The number of ketones is 1. The molecule has 0 saturated heterocycles. The molecule has 0 atom stereocenters. The number of rotatable bonds is 4. The Morgan fingerprint density at radius 3 is 2.76 bits per heavy atom. The zero-order chi connectivity index (χ0) is 14.7. The highest BCUT2D eigenvalue weighted by atomic mass is 35.5. The van der Waals surface area contributed by atoms with E-state index in [-0.39, 0.29) is 5.78 Å². The molecule has 0 bridgehead atoms. The highest BCUT2D eigenvalue weighted by Crippen LogP contribution is 2.26. The quantitative estimate of drug-likeness (QED) is 0.734. The molecule has 0 fully saturated rings. The van der Waals surface area contributed by atoms with E-state index < -0.39 is 0 Å². The fraction of sp³-hybridized carbons (Fsp3) is 0. The summed E-state index contributed by atoms with van der Waals surface area (Å²) < 4.78 is 0. The first kappa shape index (κ1) is 13.7. The van der Waals surface area contributed by atoms with Gasteiger partial charge < -0.3 is 5.32 Å². The van der Waals surface area contributed by atoms with Crippen molar-refractivity contribution in [3.8, 4) is 0 Å². The van der Waals surface area contributed by atoms with Crippen molar-refractivity contribution in [2.24, 2.45) is 0 Å². The topological polar surface area (TPSA) is 54.9 Å². The standard InChI is InChI=1S/C15H10ClN3OS/c16-12-6-2-1-5-11(12)14(20)13-9-18-15(21-13)19-10-4-3-7-17-8-10/h1-9H,(H,18,19). The molecule has 3 rings (SSSR count). The second-order valence-electron chi connectivity index (χ2n) is 4.21. The second-order valence-corrected chi connectivity index (χ2v) is 5.64. The molecule has 1 aromatic carbocycles. The van der Waals surface area contributed by atoms with Gasteiger partial charge in [-0.2, -0.15) is 0 Å². The molecule has 0 amide bonds. The van der Waals surface area contributed by atoms with Crippen molar-refractivity contribution in [3.63, 3.8) is 0 Å². The van der Waals surface area contributed by atoms with Gasteiger partial charge in [0, 0.05) is 11.8 Å². The number of nitrogens with one attached hydrogen (secondary N) is 1. The molecule has 0 spiro atoms. The van der Waals surface area contributed by atoms with Crippen molar-refractivity contribution in [1.29, 1.82) is 0 Å². The minimum atomic E-state index is -0.127. The summed E-state index contributed by atoms with van der Waals surface area (Å²) in [5, 5.41) is 4.18. The molecule has 0 unspecified atom stereocenters. The van der Waals surface area contributed by atoms with Gasteiger partial charge in [0.1, 0.15) is 0 Å². The number of carbonyl (C=O) groups excluding carboxylic acids is 1. The predicted octanol–water partition coefficient (Wildman–Crippen LogP) is 4.17. The number of anilines is 2. The van der Waals surface area contributed by atoms with Crippen LogP contribution in [0.2, 0.25) is 5.02 Å². The molecule has 0 aliphatic rings. The lowest BCUT2D eigenvalue weighted by Crippen LogP contribution is -1.98. The summed E-state index contributed by atoms with van der Waals surface area (Å²) in [7, 11) is 0. The van der Waals surface area contributed by atoms with Crippen LogP contribution in [0, 0.1) is 0 Å². The molecular weight excluding hydrogens is 306 g/mol. The van der Waals surface area contributed by atoms with Crippen LogP contribution in [0.3, 0.4) is 0 Å². The van der Waals surface area contributed by atoms with E-state index in [1.165, 1.54) is 11.3 Å². The molecule has 0 aliphatic carbocycles. The van der Waals surface area contributed by atoms with Crippen LogP contribution in [-0.4, -0.2) is 15.8 Å². The van der Waals surface area contributed by atoms with Gasteiger partial charge in [0.15, 0.2) is 5.13 Å². The number of aromatic nitrogens is 2. The Labute approximate surface area is 130 Å². The first-order chi connectivity index (χ1) is 10.2. The lowest BCUT2D eigenvalue weighted by Gasteiger charge is -2.01. The molecule has 6 heteroatoms. The zero-order valence-corrected chi connectivity index (χ0v) is 12.4. The van der Waals surface area contributed by atoms with Crippen LogP contribution in [0.1, 0.15) is 15.2 Å². The molecule has 2 heterocycles. The summed E-state index contributed by atoms with van der Waals surface area (Å²) in [5.74, 6) is -0.127. The number of hydrogen-bond acceptors (Lipinski definition) is 5. The maximum absolute atomic E-state index is 12.4. The van der Waals surface area contributed by atoms with E-state index in [0.29, 0.717) is 20.6 Å². The van der Waals surface area contributed by atoms with E-state index in [1.54, 1.807) is 42.9 Å². The molecule has 3 aromatic rings. The van der Waals surface area contributed by atoms with Gasteiger partial charge in [-0.15, -0.1) is 0 Å². The number of thiazole rings is 1. The predicted molar refractivity (Wildman–Crippen MR) is 84.5 cm³/mol. The fourth-order valence-electron chi connectivity index (χ4n) is 1.78. The average molecular weight is 316 g/mol. The van der Waals surface area contributed by atoms with Gasteiger partial charge in [-0.05, 0) is 24.3 Å². The van der Waals surface area contributed by atoms with Crippen molar-refractivity contribution in [1.82, 2.24) is 9.97 Å². The van der Waals surface area contributed by atoms with E-state index in [4.69, 9.17) is 11.6 Å². The molecule has 1 N–H and O–H groups in total. The van der Waals surface area contributed by atoms with Crippen LogP contribution in [0.25, 0.3) is 0 Å². The number of carbonyl (C=O) groups is 1. The van der Waals surface area contributed by atoms with E-state index in [9.17, 15) is 4.79 Å². The van der Waals surface area contributed by atoms with Gasteiger partial charge in [0.25, 0.3) is 0 Å². The Morgan fingerprint density at radius 1 is 1.14 bits per heavy atom. The minimum Gasteiger partial charge on any atom is -0.330 e. The molecule has 4 nitrogen and oxygen atoms in total. The Balaban J connectivity index is 1.82.